The lowest BCUT2D eigenvalue weighted by atomic mass is 9.91. The lowest BCUT2D eigenvalue weighted by molar-refractivity contribution is 0.421. The Hall–Kier alpha value is -1.86. The molecule has 0 saturated heterocycles. The Balaban J connectivity index is 2.11. The van der Waals surface area contributed by atoms with Gasteiger partial charge in [0.2, 0.25) is 7.29 Å². The van der Waals surface area contributed by atoms with Gasteiger partial charge in [-0.15, -0.1) is 0 Å². The van der Waals surface area contributed by atoms with Crippen LogP contribution in [0.5, 0.6) is 0 Å². The SMILES string of the molecule is CCC(C)(NP(=O)(c1ccccc1)c1ccccc1)c1ccc(Cl)cc1. The van der Waals surface area contributed by atoms with Gasteiger partial charge in [0.1, 0.15) is 0 Å². The fraction of sp³-hybridized carbons (Fsp3) is 0.182. The van der Waals surface area contributed by atoms with Crippen LogP contribution in [0.25, 0.3) is 0 Å². The summed E-state index contributed by atoms with van der Waals surface area (Å²) in [6.45, 7) is 4.19. The Labute approximate surface area is 160 Å². The van der Waals surface area contributed by atoms with Crippen LogP contribution in [0.4, 0.5) is 0 Å². The van der Waals surface area contributed by atoms with Gasteiger partial charge in [0.05, 0.1) is 0 Å². The Morgan fingerprint density at radius 3 is 1.73 bits per heavy atom. The quantitative estimate of drug-likeness (QED) is 0.571. The first-order valence-corrected chi connectivity index (χ1v) is 10.8. The van der Waals surface area contributed by atoms with Gasteiger partial charge in [0, 0.05) is 21.2 Å². The molecule has 1 unspecified atom stereocenters. The minimum absolute atomic E-state index is 0.453. The summed E-state index contributed by atoms with van der Waals surface area (Å²) in [7, 11) is -3.02. The van der Waals surface area contributed by atoms with Crippen LogP contribution in [-0.4, -0.2) is 0 Å². The molecule has 1 N–H and O–H groups in total. The molecular weight excluding hydrogens is 361 g/mol. The third-order valence-corrected chi connectivity index (χ3v) is 7.94. The number of benzene rings is 3. The topological polar surface area (TPSA) is 29.1 Å². The lowest BCUT2D eigenvalue weighted by Crippen LogP contribution is -2.42. The van der Waals surface area contributed by atoms with Crippen LogP contribution in [0.2, 0.25) is 5.02 Å². The highest BCUT2D eigenvalue weighted by Gasteiger charge is 2.36. The molecule has 0 heterocycles. The van der Waals surface area contributed by atoms with E-state index in [1.54, 1.807) is 0 Å². The molecule has 3 aromatic rings. The van der Waals surface area contributed by atoms with E-state index >= 15 is 0 Å². The van der Waals surface area contributed by atoms with Crippen molar-refractivity contribution < 1.29 is 4.57 Å². The van der Waals surface area contributed by atoms with Crippen LogP contribution in [0.15, 0.2) is 84.9 Å². The monoisotopic (exact) mass is 383 g/mol. The van der Waals surface area contributed by atoms with Gasteiger partial charge in [-0.3, -0.25) is 9.65 Å². The van der Waals surface area contributed by atoms with Crippen molar-refractivity contribution in [2.45, 2.75) is 25.8 Å². The Bertz CT molecular complexity index is 853. The maximum Gasteiger partial charge on any atom is 0.205 e. The van der Waals surface area contributed by atoms with Crippen molar-refractivity contribution in [3.63, 3.8) is 0 Å². The first-order valence-electron chi connectivity index (χ1n) is 8.75. The molecule has 0 amide bonds. The van der Waals surface area contributed by atoms with Crippen LogP contribution in [0.3, 0.4) is 0 Å². The molecule has 0 aliphatic rings. The second kappa shape index (κ2) is 7.80. The number of rotatable bonds is 6. The normalized spacial score (nSPS) is 14.0. The average molecular weight is 384 g/mol. The average Bonchev–Trinajstić information content (AvgIpc) is 2.69. The number of hydrogen-bond donors (Lipinski definition) is 1. The van der Waals surface area contributed by atoms with Crippen molar-refractivity contribution >= 4 is 29.5 Å². The summed E-state index contributed by atoms with van der Waals surface area (Å²) in [5.74, 6) is 0. The number of halogens is 1. The fourth-order valence-corrected chi connectivity index (χ4v) is 5.92. The maximum atomic E-state index is 14.3. The smallest absolute Gasteiger partial charge is 0.205 e. The summed E-state index contributed by atoms with van der Waals surface area (Å²) in [5, 5.41) is 5.84. The van der Waals surface area contributed by atoms with Crippen LogP contribution in [0, 0.1) is 0 Å². The van der Waals surface area contributed by atoms with E-state index in [-0.39, 0.29) is 0 Å². The Kier molecular flexibility index (Phi) is 5.67. The molecule has 2 nitrogen and oxygen atoms in total. The van der Waals surface area contributed by atoms with Gasteiger partial charge < -0.3 is 0 Å². The summed E-state index contributed by atoms with van der Waals surface area (Å²) in [6.07, 6.45) is 0.790. The van der Waals surface area contributed by atoms with E-state index in [0.717, 1.165) is 22.6 Å². The highest BCUT2D eigenvalue weighted by Crippen LogP contribution is 2.44. The summed E-state index contributed by atoms with van der Waals surface area (Å²) in [5.41, 5.74) is 0.614. The highest BCUT2D eigenvalue weighted by molar-refractivity contribution is 7.77. The summed E-state index contributed by atoms with van der Waals surface area (Å²) >= 11 is 6.05. The predicted octanol–water partition coefficient (Wildman–Crippen LogP) is 5.48. The predicted molar refractivity (Wildman–Crippen MR) is 112 cm³/mol. The summed E-state index contributed by atoms with van der Waals surface area (Å²) < 4.78 is 14.3. The molecule has 0 fully saturated rings. The van der Waals surface area contributed by atoms with E-state index in [0.29, 0.717) is 5.02 Å². The van der Waals surface area contributed by atoms with Gasteiger partial charge in [-0.1, -0.05) is 67.1 Å². The molecule has 0 bridgehead atoms. The molecule has 0 aliphatic heterocycles. The van der Waals surface area contributed by atoms with Gasteiger partial charge >= 0.3 is 0 Å². The van der Waals surface area contributed by atoms with Crippen molar-refractivity contribution in [1.29, 1.82) is 0 Å². The molecule has 0 saturated carbocycles. The van der Waals surface area contributed by atoms with Gasteiger partial charge in [-0.05, 0) is 55.3 Å². The van der Waals surface area contributed by atoms with Crippen LogP contribution in [0.1, 0.15) is 25.8 Å². The zero-order valence-corrected chi connectivity index (χ0v) is 16.7. The first kappa shape index (κ1) is 18.9. The molecule has 4 heteroatoms. The lowest BCUT2D eigenvalue weighted by Gasteiger charge is -2.35. The van der Waals surface area contributed by atoms with Gasteiger partial charge in [-0.2, -0.15) is 0 Å². The minimum atomic E-state index is -3.02. The third kappa shape index (κ3) is 3.78. The highest BCUT2D eigenvalue weighted by atomic mass is 35.5. The molecule has 134 valence electrons. The third-order valence-electron chi connectivity index (χ3n) is 4.83. The molecule has 3 rings (SSSR count). The van der Waals surface area contributed by atoms with E-state index in [4.69, 9.17) is 11.6 Å². The van der Waals surface area contributed by atoms with Gasteiger partial charge in [-0.25, -0.2) is 0 Å². The molecule has 0 aromatic heterocycles. The number of nitrogens with one attached hydrogen (secondary N) is 1. The summed E-state index contributed by atoms with van der Waals surface area (Å²) in [6, 6.07) is 27.1. The molecular formula is C22H23ClNOP. The van der Waals surface area contributed by atoms with Crippen molar-refractivity contribution in [2.24, 2.45) is 0 Å². The Morgan fingerprint density at radius 2 is 1.31 bits per heavy atom. The second-order valence-corrected chi connectivity index (χ2v) is 9.50. The standard InChI is InChI=1S/C22H23ClNOP/c1-3-22(2,18-14-16-19(23)17-15-18)24-26(25,20-10-6-4-7-11-20)21-12-8-5-9-13-21/h4-17H,3H2,1-2H3,(H,24,25). The molecule has 0 aliphatic carbocycles. The Morgan fingerprint density at radius 1 is 0.846 bits per heavy atom. The van der Waals surface area contributed by atoms with Crippen LogP contribution >= 0.6 is 18.9 Å². The fourth-order valence-electron chi connectivity index (χ4n) is 3.07. The maximum absolute atomic E-state index is 14.3. The molecule has 3 aromatic carbocycles. The number of hydrogen-bond acceptors (Lipinski definition) is 1. The zero-order valence-electron chi connectivity index (χ0n) is 15.0. The van der Waals surface area contributed by atoms with Crippen LogP contribution in [-0.2, 0) is 10.1 Å². The molecule has 26 heavy (non-hydrogen) atoms. The van der Waals surface area contributed by atoms with Crippen molar-refractivity contribution in [3.05, 3.63) is 95.5 Å². The van der Waals surface area contributed by atoms with Crippen molar-refractivity contribution in [1.82, 2.24) is 5.09 Å². The molecule has 0 radical (unpaired) electrons. The van der Waals surface area contributed by atoms with Crippen molar-refractivity contribution in [3.8, 4) is 0 Å². The zero-order chi connectivity index (χ0) is 18.6. The summed E-state index contributed by atoms with van der Waals surface area (Å²) in [4.78, 5) is 0. The van der Waals surface area contributed by atoms with E-state index in [1.165, 1.54) is 0 Å². The molecule has 1 atom stereocenters. The van der Waals surface area contributed by atoms with E-state index < -0.39 is 12.8 Å². The van der Waals surface area contributed by atoms with Gasteiger partial charge in [0.15, 0.2) is 0 Å². The van der Waals surface area contributed by atoms with Crippen LogP contribution < -0.4 is 15.7 Å². The molecule has 0 spiro atoms. The second-order valence-electron chi connectivity index (χ2n) is 6.58. The largest absolute Gasteiger partial charge is 0.296 e. The van der Waals surface area contributed by atoms with E-state index in [2.05, 4.69) is 18.9 Å². The van der Waals surface area contributed by atoms with Crippen molar-refractivity contribution in [2.75, 3.05) is 0 Å². The van der Waals surface area contributed by atoms with E-state index in [1.807, 2.05) is 84.9 Å². The van der Waals surface area contributed by atoms with Gasteiger partial charge in [0.25, 0.3) is 0 Å². The minimum Gasteiger partial charge on any atom is -0.296 e. The van der Waals surface area contributed by atoms with E-state index in [9.17, 15) is 4.57 Å². The first-order chi connectivity index (χ1) is 12.5.